The fraction of sp³-hybridized carbons (Fsp3) is 0.588. The highest BCUT2D eigenvalue weighted by molar-refractivity contribution is 5.74. The van der Waals surface area contributed by atoms with E-state index in [-0.39, 0.29) is 6.03 Å². The first-order valence-electron chi connectivity index (χ1n) is 7.92. The third-order valence-corrected chi connectivity index (χ3v) is 3.93. The molecule has 5 nitrogen and oxygen atoms in total. The molecule has 1 aliphatic heterocycles. The van der Waals surface area contributed by atoms with Gasteiger partial charge in [-0.1, -0.05) is 18.2 Å². The zero-order valence-electron chi connectivity index (χ0n) is 13.8. The molecule has 0 aromatic heterocycles. The Balaban J connectivity index is 1.65. The Morgan fingerprint density at radius 1 is 1.41 bits per heavy atom. The van der Waals surface area contributed by atoms with Gasteiger partial charge in [0.1, 0.15) is 12.4 Å². The van der Waals surface area contributed by atoms with E-state index in [0.29, 0.717) is 19.1 Å². The van der Waals surface area contributed by atoms with E-state index in [0.717, 1.165) is 37.4 Å². The number of nitrogens with zero attached hydrogens (tertiary/aromatic N) is 2. The second-order valence-electron chi connectivity index (χ2n) is 6.21. The van der Waals surface area contributed by atoms with Crippen molar-refractivity contribution in [2.45, 2.75) is 13.3 Å². The lowest BCUT2D eigenvalue weighted by Gasteiger charge is -2.19. The number of benzene rings is 1. The van der Waals surface area contributed by atoms with Gasteiger partial charge in [-0.25, -0.2) is 4.79 Å². The standard InChI is InChI=1S/C17H27N3O2/c1-14-6-4-5-7-16(14)22-11-9-18-17(21)20-10-8-15(13-20)12-19(2)3/h4-7,15H,8-13H2,1-3H3,(H,18,21)/t15-/m1/s1. The van der Waals surface area contributed by atoms with Crippen LogP contribution in [0.5, 0.6) is 5.75 Å². The van der Waals surface area contributed by atoms with E-state index in [1.54, 1.807) is 0 Å². The fourth-order valence-corrected chi connectivity index (χ4v) is 2.83. The first kappa shape index (κ1) is 16.6. The molecule has 1 N–H and O–H groups in total. The van der Waals surface area contributed by atoms with Gasteiger partial charge >= 0.3 is 6.03 Å². The van der Waals surface area contributed by atoms with Crippen molar-refractivity contribution < 1.29 is 9.53 Å². The van der Waals surface area contributed by atoms with Crippen LogP contribution in [-0.4, -0.2) is 62.7 Å². The van der Waals surface area contributed by atoms with Gasteiger partial charge in [0, 0.05) is 19.6 Å². The number of amides is 2. The SMILES string of the molecule is Cc1ccccc1OCCNC(=O)N1CC[C@H](CN(C)C)C1. The molecule has 0 unspecified atom stereocenters. The lowest BCUT2D eigenvalue weighted by atomic mass is 10.1. The molecule has 2 rings (SSSR count). The molecule has 1 aromatic carbocycles. The van der Waals surface area contributed by atoms with Crippen LogP contribution in [0, 0.1) is 12.8 Å². The van der Waals surface area contributed by atoms with Crippen LogP contribution < -0.4 is 10.1 Å². The van der Waals surface area contributed by atoms with Gasteiger partial charge in [-0.3, -0.25) is 0 Å². The average molecular weight is 305 g/mol. The zero-order valence-corrected chi connectivity index (χ0v) is 13.8. The van der Waals surface area contributed by atoms with Crippen LogP contribution in [0.15, 0.2) is 24.3 Å². The third-order valence-electron chi connectivity index (χ3n) is 3.93. The molecule has 1 aromatic rings. The molecule has 22 heavy (non-hydrogen) atoms. The largest absolute Gasteiger partial charge is 0.491 e. The predicted molar refractivity (Wildman–Crippen MR) is 88.3 cm³/mol. The van der Waals surface area contributed by atoms with Crippen LogP contribution in [0.1, 0.15) is 12.0 Å². The molecule has 122 valence electrons. The number of likely N-dealkylation sites (tertiary alicyclic amines) is 1. The summed E-state index contributed by atoms with van der Waals surface area (Å²) >= 11 is 0. The minimum absolute atomic E-state index is 0.0228. The predicted octanol–water partition coefficient (Wildman–Crippen LogP) is 1.97. The summed E-state index contributed by atoms with van der Waals surface area (Å²) in [4.78, 5) is 16.2. The normalized spacial score (nSPS) is 17.8. The maximum atomic E-state index is 12.1. The van der Waals surface area contributed by atoms with Gasteiger partial charge < -0.3 is 19.9 Å². The highest BCUT2D eigenvalue weighted by Gasteiger charge is 2.26. The number of hydrogen-bond donors (Lipinski definition) is 1. The van der Waals surface area contributed by atoms with Crippen molar-refractivity contribution in [3.05, 3.63) is 29.8 Å². The van der Waals surface area contributed by atoms with Gasteiger partial charge in [-0.05, 0) is 45.0 Å². The summed E-state index contributed by atoms with van der Waals surface area (Å²) in [5.74, 6) is 1.47. The maximum absolute atomic E-state index is 12.1. The van der Waals surface area contributed by atoms with Gasteiger partial charge in [0.2, 0.25) is 0 Å². The molecule has 1 aliphatic rings. The molecular formula is C17H27N3O2. The van der Waals surface area contributed by atoms with Crippen molar-refractivity contribution in [2.24, 2.45) is 5.92 Å². The summed E-state index contributed by atoms with van der Waals surface area (Å²) in [6.07, 6.45) is 1.09. The Kier molecular flexibility index (Phi) is 6.07. The minimum Gasteiger partial charge on any atom is -0.491 e. The first-order chi connectivity index (χ1) is 10.6. The second kappa shape index (κ2) is 8.03. The molecule has 0 spiro atoms. The van der Waals surface area contributed by atoms with Crippen molar-refractivity contribution in [2.75, 3.05) is 46.9 Å². The van der Waals surface area contributed by atoms with E-state index < -0.39 is 0 Å². The van der Waals surface area contributed by atoms with Gasteiger partial charge in [0.05, 0.1) is 6.54 Å². The van der Waals surface area contributed by atoms with Crippen LogP contribution in [0.25, 0.3) is 0 Å². The van der Waals surface area contributed by atoms with E-state index in [2.05, 4.69) is 24.3 Å². The molecule has 1 heterocycles. The summed E-state index contributed by atoms with van der Waals surface area (Å²) in [6.45, 7) is 5.78. The Morgan fingerprint density at radius 2 is 2.18 bits per heavy atom. The van der Waals surface area contributed by atoms with E-state index in [9.17, 15) is 4.79 Å². The fourth-order valence-electron chi connectivity index (χ4n) is 2.83. The molecule has 5 heteroatoms. The highest BCUT2D eigenvalue weighted by atomic mass is 16.5. The summed E-state index contributed by atoms with van der Waals surface area (Å²) in [5, 5.41) is 2.94. The Hall–Kier alpha value is -1.75. The van der Waals surface area contributed by atoms with Crippen LogP contribution >= 0.6 is 0 Å². The number of carbonyl (C=O) groups is 1. The van der Waals surface area contributed by atoms with E-state index in [1.165, 1.54) is 0 Å². The monoisotopic (exact) mass is 305 g/mol. The Bertz CT molecular complexity index is 491. The van der Waals surface area contributed by atoms with E-state index in [1.807, 2.05) is 36.1 Å². The molecule has 0 saturated carbocycles. The van der Waals surface area contributed by atoms with Gasteiger partial charge in [0.25, 0.3) is 0 Å². The summed E-state index contributed by atoms with van der Waals surface area (Å²) in [5.41, 5.74) is 1.11. The smallest absolute Gasteiger partial charge is 0.317 e. The van der Waals surface area contributed by atoms with Crippen molar-refractivity contribution >= 4 is 6.03 Å². The highest BCUT2D eigenvalue weighted by Crippen LogP contribution is 2.17. The van der Waals surface area contributed by atoms with Crippen molar-refractivity contribution in [1.82, 2.24) is 15.1 Å². The van der Waals surface area contributed by atoms with Crippen molar-refractivity contribution in [3.8, 4) is 5.75 Å². The first-order valence-corrected chi connectivity index (χ1v) is 7.92. The number of nitrogens with one attached hydrogen (secondary N) is 1. The van der Waals surface area contributed by atoms with Gasteiger partial charge in [-0.2, -0.15) is 0 Å². The Labute approximate surface area is 133 Å². The van der Waals surface area contributed by atoms with Gasteiger partial charge in [0.15, 0.2) is 0 Å². The number of aryl methyl sites for hydroxylation is 1. The van der Waals surface area contributed by atoms with Crippen LogP contribution in [-0.2, 0) is 0 Å². The van der Waals surface area contributed by atoms with Crippen LogP contribution in [0.4, 0.5) is 4.79 Å². The molecule has 1 atom stereocenters. The zero-order chi connectivity index (χ0) is 15.9. The lowest BCUT2D eigenvalue weighted by molar-refractivity contribution is 0.202. The number of ether oxygens (including phenoxy) is 1. The van der Waals surface area contributed by atoms with Crippen LogP contribution in [0.2, 0.25) is 0 Å². The molecule has 1 fully saturated rings. The third kappa shape index (κ3) is 4.91. The summed E-state index contributed by atoms with van der Waals surface area (Å²) in [6, 6.07) is 7.93. The van der Waals surface area contributed by atoms with E-state index >= 15 is 0 Å². The van der Waals surface area contributed by atoms with Crippen molar-refractivity contribution in [1.29, 1.82) is 0 Å². The van der Waals surface area contributed by atoms with E-state index in [4.69, 9.17) is 4.74 Å². The average Bonchev–Trinajstić information content (AvgIpc) is 2.93. The molecule has 0 radical (unpaired) electrons. The number of para-hydroxylation sites is 1. The van der Waals surface area contributed by atoms with Gasteiger partial charge in [-0.15, -0.1) is 0 Å². The quantitative estimate of drug-likeness (QED) is 0.817. The minimum atomic E-state index is 0.0228. The molecular weight excluding hydrogens is 278 g/mol. The van der Waals surface area contributed by atoms with Crippen molar-refractivity contribution in [3.63, 3.8) is 0 Å². The molecule has 0 aliphatic carbocycles. The summed E-state index contributed by atoms with van der Waals surface area (Å²) in [7, 11) is 4.15. The van der Waals surface area contributed by atoms with Crippen LogP contribution in [0.3, 0.4) is 0 Å². The number of rotatable bonds is 6. The lowest BCUT2D eigenvalue weighted by Crippen LogP contribution is -2.40. The second-order valence-corrected chi connectivity index (χ2v) is 6.21. The number of urea groups is 1. The number of hydrogen-bond acceptors (Lipinski definition) is 3. The molecule has 2 amide bonds. The topological polar surface area (TPSA) is 44.8 Å². The maximum Gasteiger partial charge on any atom is 0.317 e. The summed E-state index contributed by atoms with van der Waals surface area (Å²) < 4.78 is 5.68. The molecule has 1 saturated heterocycles. The Morgan fingerprint density at radius 3 is 2.91 bits per heavy atom. The number of carbonyl (C=O) groups excluding carboxylic acids is 1. The molecule has 0 bridgehead atoms.